The minimum atomic E-state index is -0.414. The van der Waals surface area contributed by atoms with Gasteiger partial charge in [0.2, 0.25) is 5.88 Å². The number of hydrogen-bond donors (Lipinski definition) is 1. The Morgan fingerprint density at radius 3 is 2.37 bits per heavy atom. The summed E-state index contributed by atoms with van der Waals surface area (Å²) in [7, 11) is 0. The van der Waals surface area contributed by atoms with Crippen molar-refractivity contribution in [2.45, 2.75) is 64.5 Å². The van der Waals surface area contributed by atoms with Crippen LogP contribution >= 0.6 is 0 Å². The molecule has 2 aliphatic rings. The first kappa shape index (κ1) is 23.8. The van der Waals surface area contributed by atoms with Crippen LogP contribution in [0.25, 0.3) is 0 Å². The second-order valence-electron chi connectivity index (χ2n) is 7.45. The Hall–Kier alpha value is -1.24. The van der Waals surface area contributed by atoms with Crippen molar-refractivity contribution in [3.8, 4) is 11.9 Å². The van der Waals surface area contributed by atoms with Crippen molar-refractivity contribution < 1.29 is 40.6 Å². The van der Waals surface area contributed by atoms with Crippen LogP contribution in [-0.4, -0.2) is 41.0 Å². The van der Waals surface area contributed by atoms with E-state index in [9.17, 15) is 10.1 Å². The number of aromatic nitrogens is 1. The zero-order chi connectivity index (χ0) is 19.0. The van der Waals surface area contributed by atoms with Gasteiger partial charge in [-0.1, -0.05) is 0 Å². The zero-order valence-electron chi connectivity index (χ0n) is 16.4. The number of amides is 1. The number of rotatable bonds is 5. The van der Waals surface area contributed by atoms with Crippen LogP contribution in [0, 0.1) is 48.4 Å². The van der Waals surface area contributed by atoms with Gasteiger partial charge in [-0.25, -0.2) is 4.98 Å². The summed E-state index contributed by atoms with van der Waals surface area (Å²) in [5.41, 5.74) is 0.432. The maximum atomic E-state index is 10.5. The molecule has 0 radical (unpaired) electrons. The van der Waals surface area contributed by atoms with Gasteiger partial charge >= 0.3 is 31.1 Å². The molecule has 1 saturated carbocycles. The fourth-order valence-corrected chi connectivity index (χ4v) is 2.83. The summed E-state index contributed by atoms with van der Waals surface area (Å²) in [6, 6.07) is 6.07. The molecule has 0 aromatic carbocycles. The molecule has 2 fully saturated rings. The fraction of sp³-hybridized carbons (Fsp3) is 0.600. The molecule has 1 amide bonds. The van der Waals surface area contributed by atoms with E-state index in [-0.39, 0.29) is 37.2 Å². The summed E-state index contributed by atoms with van der Waals surface area (Å²) in [4.78, 5) is 16.5. The summed E-state index contributed by atoms with van der Waals surface area (Å²) in [6.07, 6.45) is 8.17. The molecular weight excluding hydrogens is 566 g/mol. The molecule has 2 heterocycles. The van der Waals surface area contributed by atoms with Gasteiger partial charge in [-0.3, -0.25) is 0 Å². The van der Waals surface area contributed by atoms with Gasteiger partial charge in [0.05, 0.1) is 18.0 Å². The number of hydrogen-bond acceptors (Lipinski definition) is 5. The number of anilines is 1. The molecular formula is C20H28N4O2U. The first-order chi connectivity index (χ1) is 12.5. The van der Waals surface area contributed by atoms with Gasteiger partial charge in [0.1, 0.15) is 11.6 Å². The Labute approximate surface area is 186 Å². The van der Waals surface area contributed by atoms with Crippen molar-refractivity contribution in [2.75, 3.05) is 18.4 Å². The third-order valence-corrected chi connectivity index (χ3v) is 4.40. The zero-order valence-corrected chi connectivity index (χ0v) is 20.6. The molecule has 0 bridgehead atoms. The van der Waals surface area contributed by atoms with Gasteiger partial charge in [0.15, 0.2) is 0 Å². The standard InChI is InChI=1S/C16H19N4O2.C4H9.U/c17-11-16(6-1-7-16)19-13-2-3-15(18-10-13)22-14-4-8-20(12-21)9-5-14;1-4(2)3;/h2-3,10,14,19H,1,4-9H2;1-3H3;/q2*-1;+2. The normalized spacial score (nSPS) is 18.1. The van der Waals surface area contributed by atoms with Crippen molar-refractivity contribution in [3.05, 3.63) is 24.2 Å². The predicted molar refractivity (Wildman–Crippen MR) is 101 cm³/mol. The number of ether oxygens (including phenoxy) is 1. The predicted octanol–water partition coefficient (Wildman–Crippen LogP) is 3.47. The molecule has 1 N–H and O–H groups in total. The van der Waals surface area contributed by atoms with Crippen molar-refractivity contribution >= 4 is 12.1 Å². The van der Waals surface area contributed by atoms with Crippen LogP contribution in [0.1, 0.15) is 52.9 Å². The maximum absolute atomic E-state index is 10.5. The van der Waals surface area contributed by atoms with Gasteiger partial charge in [-0.2, -0.15) is 32.4 Å². The maximum Gasteiger partial charge on any atom is 2.00 e. The first-order valence-corrected chi connectivity index (χ1v) is 9.18. The Balaban J connectivity index is 0.000000666. The molecule has 0 unspecified atom stereocenters. The molecule has 1 aliphatic heterocycles. The van der Waals surface area contributed by atoms with Crippen LogP contribution < -0.4 is 10.1 Å². The van der Waals surface area contributed by atoms with Crippen molar-refractivity contribution in [1.29, 1.82) is 5.26 Å². The van der Waals surface area contributed by atoms with Gasteiger partial charge in [0, 0.05) is 6.07 Å². The van der Waals surface area contributed by atoms with Crippen LogP contribution in [0.4, 0.5) is 5.69 Å². The van der Waals surface area contributed by atoms with Crippen LogP contribution in [0.2, 0.25) is 0 Å². The van der Waals surface area contributed by atoms with E-state index in [4.69, 9.17) is 4.74 Å². The molecule has 3 rings (SSSR count). The van der Waals surface area contributed by atoms with Gasteiger partial charge in [0.25, 0.3) is 0 Å². The number of nitriles is 1. The Morgan fingerprint density at radius 1 is 1.33 bits per heavy atom. The Kier molecular flexibility index (Phi) is 10.2. The second-order valence-corrected chi connectivity index (χ2v) is 7.45. The van der Waals surface area contributed by atoms with E-state index in [0.717, 1.165) is 37.8 Å². The third kappa shape index (κ3) is 7.72. The van der Waals surface area contributed by atoms with Crippen molar-refractivity contribution in [2.24, 2.45) is 0 Å². The van der Waals surface area contributed by atoms with Crippen LogP contribution in [0.15, 0.2) is 18.3 Å². The van der Waals surface area contributed by atoms with Gasteiger partial charge in [-0.05, 0) is 51.3 Å². The quantitative estimate of drug-likeness (QED) is 0.529. The molecule has 1 aromatic heterocycles. The summed E-state index contributed by atoms with van der Waals surface area (Å²) < 4.78 is 5.84. The number of piperidine rings is 1. The van der Waals surface area contributed by atoms with Crippen LogP contribution in [0.5, 0.6) is 5.88 Å². The molecule has 7 heteroatoms. The average molecular weight is 594 g/mol. The largest absolute Gasteiger partial charge is 2.00 e. The summed E-state index contributed by atoms with van der Waals surface area (Å²) >= 11 is 0. The number of nitrogens with one attached hydrogen (secondary N) is 1. The van der Waals surface area contributed by atoms with Crippen molar-refractivity contribution in [1.82, 2.24) is 9.88 Å². The van der Waals surface area contributed by atoms with Gasteiger partial charge < -0.3 is 25.7 Å². The van der Waals surface area contributed by atoms with E-state index in [1.807, 2.05) is 18.5 Å². The molecule has 0 atom stereocenters. The SMILES string of the molecule is C[C-](C)C.N#CC1(Nc2ccc(OC3CCN([C-]=O)CC3)nc2)CCC1.[U+2]. The van der Waals surface area contributed by atoms with E-state index < -0.39 is 5.54 Å². The molecule has 6 nitrogen and oxygen atoms in total. The summed E-state index contributed by atoms with van der Waals surface area (Å²) in [5.74, 6) is 2.00. The van der Waals surface area contributed by atoms with Crippen LogP contribution in [-0.2, 0) is 4.79 Å². The van der Waals surface area contributed by atoms with Crippen molar-refractivity contribution in [3.63, 3.8) is 0 Å². The number of likely N-dealkylation sites (tertiary alicyclic amines) is 1. The van der Waals surface area contributed by atoms with E-state index in [2.05, 4.69) is 37.1 Å². The van der Waals surface area contributed by atoms with E-state index >= 15 is 0 Å². The number of pyridine rings is 1. The Bertz CT molecular complexity index is 601. The molecule has 27 heavy (non-hydrogen) atoms. The first-order valence-electron chi connectivity index (χ1n) is 9.18. The minimum Gasteiger partial charge on any atom is -0.520 e. The van der Waals surface area contributed by atoms with Gasteiger partial charge in [-0.15, -0.1) is 0 Å². The number of nitrogens with zero attached hydrogens (tertiary/aromatic N) is 3. The molecule has 144 valence electrons. The molecule has 0 spiro atoms. The van der Waals surface area contributed by atoms with E-state index in [1.54, 1.807) is 11.1 Å². The monoisotopic (exact) mass is 594 g/mol. The summed E-state index contributed by atoms with van der Waals surface area (Å²) in [6.45, 7) is 7.61. The molecule has 1 aromatic rings. The Morgan fingerprint density at radius 2 is 1.96 bits per heavy atom. The van der Waals surface area contributed by atoms with E-state index in [1.165, 1.54) is 5.92 Å². The minimum absolute atomic E-state index is 0. The third-order valence-electron chi connectivity index (χ3n) is 4.40. The molecule has 1 aliphatic carbocycles. The fourth-order valence-electron chi connectivity index (χ4n) is 2.83. The second kappa shape index (κ2) is 11.6. The smallest absolute Gasteiger partial charge is 0.520 e. The molecule has 1 saturated heterocycles. The number of carbonyl (C=O) groups excluding carboxylic acids is 1. The average Bonchev–Trinajstić information content (AvgIpc) is 2.60. The topological polar surface area (TPSA) is 78.2 Å². The van der Waals surface area contributed by atoms with E-state index in [0.29, 0.717) is 19.0 Å². The summed E-state index contributed by atoms with van der Waals surface area (Å²) in [5, 5.41) is 12.5. The van der Waals surface area contributed by atoms with Crippen LogP contribution in [0.3, 0.4) is 0 Å².